The first-order valence-electron chi connectivity index (χ1n) is 7.25. The third-order valence-corrected chi connectivity index (χ3v) is 4.65. The SMILES string of the molecule is O=C(c1coc(-c2ccccc2Cl)n1)N1CCC1C1CC1. The highest BCUT2D eigenvalue weighted by Gasteiger charge is 2.43. The second kappa shape index (κ2) is 4.88. The molecule has 1 amide bonds. The number of carbonyl (C=O) groups excluding carboxylic acids is 1. The van der Waals surface area contributed by atoms with Crippen LogP contribution in [0.25, 0.3) is 11.5 Å². The molecule has 0 N–H and O–H groups in total. The predicted octanol–water partition coefficient (Wildman–Crippen LogP) is 3.62. The van der Waals surface area contributed by atoms with E-state index in [2.05, 4.69) is 4.98 Å². The molecule has 1 aliphatic carbocycles. The summed E-state index contributed by atoms with van der Waals surface area (Å²) in [5.41, 5.74) is 1.08. The number of oxazole rings is 1. The van der Waals surface area contributed by atoms with Gasteiger partial charge in [-0.25, -0.2) is 4.98 Å². The van der Waals surface area contributed by atoms with Gasteiger partial charge in [0.1, 0.15) is 6.26 Å². The third kappa shape index (κ3) is 2.23. The summed E-state index contributed by atoms with van der Waals surface area (Å²) in [6.07, 6.45) is 5.05. The maximum Gasteiger partial charge on any atom is 0.276 e. The van der Waals surface area contributed by atoms with E-state index in [1.54, 1.807) is 6.07 Å². The van der Waals surface area contributed by atoms with Crippen LogP contribution in [-0.2, 0) is 0 Å². The molecule has 1 aromatic carbocycles. The average molecular weight is 303 g/mol. The summed E-state index contributed by atoms with van der Waals surface area (Å²) < 4.78 is 5.44. The van der Waals surface area contributed by atoms with Crippen LogP contribution >= 0.6 is 11.6 Å². The molecule has 0 bridgehead atoms. The van der Waals surface area contributed by atoms with Gasteiger partial charge in [0.25, 0.3) is 5.91 Å². The quantitative estimate of drug-likeness (QED) is 0.870. The molecule has 21 heavy (non-hydrogen) atoms. The van der Waals surface area contributed by atoms with Crippen LogP contribution in [0.15, 0.2) is 34.9 Å². The van der Waals surface area contributed by atoms with Crippen LogP contribution in [0.4, 0.5) is 0 Å². The average Bonchev–Trinajstić information content (AvgIpc) is 3.13. The van der Waals surface area contributed by atoms with Crippen molar-refractivity contribution in [2.24, 2.45) is 5.92 Å². The van der Waals surface area contributed by atoms with E-state index in [4.69, 9.17) is 16.0 Å². The van der Waals surface area contributed by atoms with Crippen LogP contribution in [0.3, 0.4) is 0 Å². The lowest BCUT2D eigenvalue weighted by molar-refractivity contribution is 0.0406. The van der Waals surface area contributed by atoms with Crippen molar-refractivity contribution in [3.63, 3.8) is 0 Å². The maximum atomic E-state index is 12.5. The topological polar surface area (TPSA) is 46.3 Å². The Balaban J connectivity index is 1.57. The molecule has 2 aliphatic rings. The molecule has 0 radical (unpaired) electrons. The van der Waals surface area contributed by atoms with Crippen LogP contribution in [0.2, 0.25) is 5.02 Å². The summed E-state index contributed by atoms with van der Waals surface area (Å²) >= 11 is 6.13. The molecule has 0 spiro atoms. The number of nitrogens with zero attached hydrogens (tertiary/aromatic N) is 2. The zero-order valence-corrected chi connectivity index (χ0v) is 12.2. The standard InChI is InChI=1S/C16H15ClN2O2/c17-12-4-2-1-3-11(12)15-18-13(9-21-15)16(20)19-8-7-14(19)10-5-6-10/h1-4,9-10,14H,5-8H2. The van der Waals surface area contributed by atoms with Gasteiger partial charge in [0.2, 0.25) is 5.89 Å². The third-order valence-electron chi connectivity index (χ3n) is 4.32. The number of aromatic nitrogens is 1. The minimum absolute atomic E-state index is 0.0276. The summed E-state index contributed by atoms with van der Waals surface area (Å²) in [7, 11) is 0. The Kier molecular flexibility index (Phi) is 3.00. The highest BCUT2D eigenvalue weighted by molar-refractivity contribution is 6.33. The molecule has 2 fully saturated rings. The van der Waals surface area contributed by atoms with E-state index in [0.29, 0.717) is 34.1 Å². The van der Waals surface area contributed by atoms with Gasteiger partial charge >= 0.3 is 0 Å². The molecule has 1 saturated carbocycles. The van der Waals surface area contributed by atoms with Crippen molar-refractivity contribution in [3.8, 4) is 11.5 Å². The van der Waals surface area contributed by atoms with Crippen molar-refractivity contribution >= 4 is 17.5 Å². The van der Waals surface area contributed by atoms with Gasteiger partial charge in [-0.15, -0.1) is 0 Å². The molecule has 4 nitrogen and oxygen atoms in total. The van der Waals surface area contributed by atoms with Gasteiger partial charge in [0, 0.05) is 12.6 Å². The Morgan fingerprint density at radius 3 is 2.76 bits per heavy atom. The van der Waals surface area contributed by atoms with E-state index in [9.17, 15) is 4.79 Å². The second-order valence-corrected chi connectivity index (χ2v) is 6.12. The minimum atomic E-state index is -0.0276. The zero-order chi connectivity index (χ0) is 14.4. The Labute approximate surface area is 127 Å². The molecule has 1 saturated heterocycles. The van der Waals surface area contributed by atoms with E-state index in [1.165, 1.54) is 19.1 Å². The Hall–Kier alpha value is -1.81. The van der Waals surface area contributed by atoms with Crippen molar-refractivity contribution < 1.29 is 9.21 Å². The summed E-state index contributed by atoms with van der Waals surface area (Å²) in [6, 6.07) is 7.74. The molecule has 1 aromatic heterocycles. The zero-order valence-electron chi connectivity index (χ0n) is 11.5. The minimum Gasteiger partial charge on any atom is -0.444 e. The second-order valence-electron chi connectivity index (χ2n) is 5.71. The number of rotatable bonds is 3. The summed E-state index contributed by atoms with van der Waals surface area (Å²) in [5.74, 6) is 1.07. The first-order chi connectivity index (χ1) is 10.2. The molecule has 108 valence electrons. The summed E-state index contributed by atoms with van der Waals surface area (Å²) in [6.45, 7) is 0.828. The van der Waals surface area contributed by atoms with Crippen LogP contribution in [-0.4, -0.2) is 28.4 Å². The Morgan fingerprint density at radius 1 is 1.29 bits per heavy atom. The molecule has 4 rings (SSSR count). The van der Waals surface area contributed by atoms with Gasteiger partial charge < -0.3 is 9.32 Å². The van der Waals surface area contributed by atoms with Gasteiger partial charge in [0.05, 0.1) is 10.6 Å². The molecule has 5 heteroatoms. The van der Waals surface area contributed by atoms with Crippen molar-refractivity contribution in [2.75, 3.05) is 6.54 Å². The van der Waals surface area contributed by atoms with E-state index < -0.39 is 0 Å². The fraction of sp³-hybridized carbons (Fsp3) is 0.375. The van der Waals surface area contributed by atoms with E-state index >= 15 is 0 Å². The molecular weight excluding hydrogens is 288 g/mol. The Bertz CT molecular complexity index is 693. The number of hydrogen-bond acceptors (Lipinski definition) is 3. The van der Waals surface area contributed by atoms with Gasteiger partial charge in [-0.2, -0.15) is 0 Å². The molecule has 1 aliphatic heterocycles. The van der Waals surface area contributed by atoms with Crippen LogP contribution in [0.1, 0.15) is 29.8 Å². The van der Waals surface area contributed by atoms with Crippen molar-refractivity contribution in [1.29, 1.82) is 0 Å². The molecule has 1 unspecified atom stereocenters. The van der Waals surface area contributed by atoms with Crippen molar-refractivity contribution in [3.05, 3.63) is 41.2 Å². The van der Waals surface area contributed by atoms with Crippen molar-refractivity contribution in [2.45, 2.75) is 25.3 Å². The van der Waals surface area contributed by atoms with E-state index in [-0.39, 0.29) is 5.91 Å². The highest BCUT2D eigenvalue weighted by Crippen LogP contribution is 2.41. The van der Waals surface area contributed by atoms with Gasteiger partial charge in [-0.1, -0.05) is 23.7 Å². The van der Waals surface area contributed by atoms with Crippen LogP contribution in [0.5, 0.6) is 0 Å². The number of hydrogen-bond donors (Lipinski definition) is 0. The lowest BCUT2D eigenvalue weighted by atomic mass is 9.98. The van der Waals surface area contributed by atoms with Gasteiger partial charge in [-0.05, 0) is 37.3 Å². The predicted molar refractivity (Wildman–Crippen MR) is 79.1 cm³/mol. The van der Waals surface area contributed by atoms with Crippen LogP contribution < -0.4 is 0 Å². The molecule has 2 heterocycles. The number of amides is 1. The van der Waals surface area contributed by atoms with E-state index in [1.807, 2.05) is 23.1 Å². The largest absolute Gasteiger partial charge is 0.444 e. The molecule has 1 atom stereocenters. The number of halogens is 1. The maximum absolute atomic E-state index is 12.5. The smallest absolute Gasteiger partial charge is 0.276 e. The fourth-order valence-electron chi connectivity index (χ4n) is 2.91. The van der Waals surface area contributed by atoms with E-state index in [0.717, 1.165) is 13.0 Å². The summed E-state index contributed by atoms with van der Waals surface area (Å²) in [4.78, 5) is 18.7. The lowest BCUT2D eigenvalue weighted by Crippen LogP contribution is -2.52. The molecule has 2 aromatic rings. The van der Waals surface area contributed by atoms with Gasteiger partial charge in [-0.3, -0.25) is 4.79 Å². The Morgan fingerprint density at radius 2 is 2.10 bits per heavy atom. The number of benzene rings is 1. The van der Waals surface area contributed by atoms with Crippen LogP contribution in [0, 0.1) is 5.92 Å². The lowest BCUT2D eigenvalue weighted by Gasteiger charge is -2.40. The van der Waals surface area contributed by atoms with Gasteiger partial charge in [0.15, 0.2) is 5.69 Å². The normalized spacial score (nSPS) is 21.2. The first kappa shape index (κ1) is 12.9. The van der Waals surface area contributed by atoms with Crippen molar-refractivity contribution in [1.82, 2.24) is 9.88 Å². The number of likely N-dealkylation sites (tertiary alicyclic amines) is 1. The first-order valence-corrected chi connectivity index (χ1v) is 7.63. The molecular formula is C16H15ClN2O2. The highest BCUT2D eigenvalue weighted by atomic mass is 35.5. The fourth-order valence-corrected chi connectivity index (χ4v) is 3.12. The number of carbonyl (C=O) groups is 1. The monoisotopic (exact) mass is 302 g/mol. The summed E-state index contributed by atoms with van der Waals surface area (Å²) in [5, 5.41) is 0.568.